The molecule has 3 heteroatoms. The second-order valence-corrected chi connectivity index (χ2v) is 6.32. The normalized spacial score (nSPS) is 12.0. The van der Waals surface area contributed by atoms with Crippen LogP contribution in [0.25, 0.3) is 6.08 Å². The number of rotatable bonds is 4. The van der Waals surface area contributed by atoms with Crippen LogP contribution >= 0.6 is 0 Å². The van der Waals surface area contributed by atoms with Gasteiger partial charge in [-0.05, 0) is 34.8 Å². The molecule has 0 aliphatic carbocycles. The standard InChI is InChI=1S/C20H22N2O/c1-20(2,3)18-13-11-17(12-14-18)19(23)22-21-15-7-10-16-8-5-4-6-9-16/h4-15H,1-3H3,(H,22,23). The fourth-order valence-corrected chi connectivity index (χ4v) is 2.04. The lowest BCUT2D eigenvalue weighted by Gasteiger charge is -2.18. The second-order valence-electron chi connectivity index (χ2n) is 6.32. The van der Waals surface area contributed by atoms with Crippen LogP contribution < -0.4 is 5.43 Å². The van der Waals surface area contributed by atoms with Crippen LogP contribution in [0.2, 0.25) is 0 Å². The SMILES string of the molecule is CC(C)(C)c1ccc(C(=O)NN=CC=Cc2ccccc2)cc1. The quantitative estimate of drug-likeness (QED) is 0.659. The molecular formula is C20H22N2O. The van der Waals surface area contributed by atoms with Gasteiger partial charge in [-0.25, -0.2) is 5.43 Å². The van der Waals surface area contributed by atoms with Crippen molar-refractivity contribution < 1.29 is 4.79 Å². The third kappa shape index (κ3) is 5.22. The molecule has 2 aromatic rings. The predicted octanol–water partition coefficient (Wildman–Crippen LogP) is 4.41. The summed E-state index contributed by atoms with van der Waals surface area (Å²) in [7, 11) is 0. The average molecular weight is 306 g/mol. The van der Waals surface area contributed by atoms with Gasteiger partial charge in [0.1, 0.15) is 0 Å². The molecule has 0 saturated carbocycles. The number of nitrogens with zero attached hydrogens (tertiary/aromatic N) is 1. The van der Waals surface area contributed by atoms with Crippen LogP contribution in [-0.2, 0) is 5.41 Å². The third-order valence-corrected chi connectivity index (χ3v) is 3.43. The van der Waals surface area contributed by atoms with Gasteiger partial charge in [-0.1, -0.05) is 69.3 Å². The number of carbonyl (C=O) groups excluding carboxylic acids is 1. The summed E-state index contributed by atoms with van der Waals surface area (Å²) in [6, 6.07) is 17.5. The first kappa shape index (κ1) is 16.7. The number of benzene rings is 2. The Morgan fingerprint density at radius 1 is 1.00 bits per heavy atom. The maximum atomic E-state index is 12.0. The van der Waals surface area contributed by atoms with E-state index in [0.29, 0.717) is 5.56 Å². The minimum Gasteiger partial charge on any atom is -0.267 e. The van der Waals surface area contributed by atoms with Gasteiger partial charge >= 0.3 is 0 Å². The number of carbonyl (C=O) groups is 1. The molecule has 0 atom stereocenters. The van der Waals surface area contributed by atoms with Gasteiger partial charge in [0, 0.05) is 11.8 Å². The molecular weight excluding hydrogens is 284 g/mol. The van der Waals surface area contributed by atoms with Gasteiger partial charge in [0.2, 0.25) is 0 Å². The minimum atomic E-state index is -0.213. The fraction of sp³-hybridized carbons (Fsp3) is 0.200. The van der Waals surface area contributed by atoms with E-state index in [1.54, 1.807) is 12.3 Å². The molecule has 0 spiro atoms. The van der Waals surface area contributed by atoms with E-state index in [2.05, 4.69) is 31.3 Å². The lowest BCUT2D eigenvalue weighted by Crippen LogP contribution is -2.18. The molecule has 0 aliphatic heterocycles. The van der Waals surface area contributed by atoms with Gasteiger partial charge in [-0.3, -0.25) is 4.79 Å². The van der Waals surface area contributed by atoms with E-state index < -0.39 is 0 Å². The van der Waals surface area contributed by atoms with Crippen molar-refractivity contribution in [1.29, 1.82) is 0 Å². The van der Waals surface area contributed by atoms with E-state index in [1.807, 2.05) is 60.7 Å². The molecule has 2 rings (SSSR count). The lowest BCUT2D eigenvalue weighted by atomic mass is 9.87. The molecule has 0 aliphatic rings. The van der Waals surface area contributed by atoms with Crippen LogP contribution in [0.1, 0.15) is 42.3 Å². The molecule has 0 radical (unpaired) electrons. The van der Waals surface area contributed by atoms with Crippen LogP contribution in [0.15, 0.2) is 65.8 Å². The van der Waals surface area contributed by atoms with Gasteiger partial charge in [-0.15, -0.1) is 0 Å². The van der Waals surface area contributed by atoms with Crippen molar-refractivity contribution in [3.63, 3.8) is 0 Å². The van der Waals surface area contributed by atoms with Crippen molar-refractivity contribution in [3.05, 3.63) is 77.4 Å². The average Bonchev–Trinajstić information content (AvgIpc) is 2.54. The van der Waals surface area contributed by atoms with Crippen molar-refractivity contribution in [3.8, 4) is 0 Å². The predicted molar refractivity (Wildman–Crippen MR) is 96.6 cm³/mol. The summed E-state index contributed by atoms with van der Waals surface area (Å²) in [5.41, 5.74) is 5.48. The van der Waals surface area contributed by atoms with Crippen molar-refractivity contribution >= 4 is 18.2 Å². The molecule has 0 heterocycles. The van der Waals surface area contributed by atoms with Gasteiger partial charge in [0.25, 0.3) is 5.91 Å². The number of nitrogens with one attached hydrogen (secondary N) is 1. The lowest BCUT2D eigenvalue weighted by molar-refractivity contribution is 0.0955. The Morgan fingerprint density at radius 3 is 2.26 bits per heavy atom. The molecule has 0 fully saturated rings. The molecule has 0 bridgehead atoms. The van der Waals surface area contributed by atoms with Crippen LogP contribution in [-0.4, -0.2) is 12.1 Å². The van der Waals surface area contributed by atoms with E-state index in [-0.39, 0.29) is 11.3 Å². The zero-order valence-electron chi connectivity index (χ0n) is 13.8. The smallest absolute Gasteiger partial charge is 0.267 e. The van der Waals surface area contributed by atoms with E-state index in [4.69, 9.17) is 0 Å². The van der Waals surface area contributed by atoms with Gasteiger partial charge in [0.05, 0.1) is 0 Å². The van der Waals surface area contributed by atoms with Crippen LogP contribution in [0.4, 0.5) is 0 Å². The molecule has 1 N–H and O–H groups in total. The van der Waals surface area contributed by atoms with Gasteiger partial charge in [0.15, 0.2) is 0 Å². The Labute approximate surface area is 137 Å². The van der Waals surface area contributed by atoms with Gasteiger partial charge < -0.3 is 0 Å². The molecule has 0 unspecified atom stereocenters. The summed E-state index contributed by atoms with van der Waals surface area (Å²) in [4.78, 5) is 12.0. The Balaban J connectivity index is 1.89. The van der Waals surface area contributed by atoms with E-state index >= 15 is 0 Å². The topological polar surface area (TPSA) is 41.5 Å². The Morgan fingerprint density at radius 2 is 1.65 bits per heavy atom. The van der Waals surface area contributed by atoms with E-state index in [1.165, 1.54) is 5.56 Å². The van der Waals surface area contributed by atoms with Crippen molar-refractivity contribution in [2.45, 2.75) is 26.2 Å². The number of allylic oxidation sites excluding steroid dienone is 1. The van der Waals surface area contributed by atoms with Gasteiger partial charge in [-0.2, -0.15) is 5.10 Å². The first-order valence-electron chi connectivity index (χ1n) is 7.62. The summed E-state index contributed by atoms with van der Waals surface area (Å²) in [6.45, 7) is 6.43. The summed E-state index contributed by atoms with van der Waals surface area (Å²) in [5.74, 6) is -0.213. The monoisotopic (exact) mass is 306 g/mol. The number of hydrogen-bond acceptors (Lipinski definition) is 2. The fourth-order valence-electron chi connectivity index (χ4n) is 2.04. The second kappa shape index (κ2) is 7.54. The van der Waals surface area contributed by atoms with Crippen LogP contribution in [0.3, 0.4) is 0 Å². The number of hydrazone groups is 1. The highest BCUT2D eigenvalue weighted by molar-refractivity contribution is 5.94. The highest BCUT2D eigenvalue weighted by Crippen LogP contribution is 2.22. The minimum absolute atomic E-state index is 0.0788. The molecule has 118 valence electrons. The largest absolute Gasteiger partial charge is 0.271 e. The summed E-state index contributed by atoms with van der Waals surface area (Å²) in [5, 5.41) is 3.92. The Bertz CT molecular complexity index is 693. The highest BCUT2D eigenvalue weighted by atomic mass is 16.2. The molecule has 1 amide bonds. The van der Waals surface area contributed by atoms with Crippen molar-refractivity contribution in [2.24, 2.45) is 5.10 Å². The van der Waals surface area contributed by atoms with Crippen LogP contribution in [0, 0.1) is 0 Å². The van der Waals surface area contributed by atoms with Crippen molar-refractivity contribution in [2.75, 3.05) is 0 Å². The molecule has 0 saturated heterocycles. The molecule has 2 aromatic carbocycles. The first-order valence-corrected chi connectivity index (χ1v) is 7.62. The zero-order chi connectivity index (χ0) is 16.7. The molecule has 3 nitrogen and oxygen atoms in total. The summed E-state index contributed by atoms with van der Waals surface area (Å²) in [6.07, 6.45) is 5.28. The van der Waals surface area contributed by atoms with Crippen molar-refractivity contribution in [1.82, 2.24) is 5.43 Å². The summed E-state index contributed by atoms with van der Waals surface area (Å²) >= 11 is 0. The Kier molecular flexibility index (Phi) is 5.47. The van der Waals surface area contributed by atoms with E-state index in [9.17, 15) is 4.79 Å². The third-order valence-electron chi connectivity index (χ3n) is 3.43. The maximum Gasteiger partial charge on any atom is 0.271 e. The highest BCUT2D eigenvalue weighted by Gasteiger charge is 2.13. The maximum absolute atomic E-state index is 12.0. The van der Waals surface area contributed by atoms with E-state index in [0.717, 1.165) is 5.56 Å². The molecule has 0 aromatic heterocycles. The Hall–Kier alpha value is -2.68. The zero-order valence-corrected chi connectivity index (χ0v) is 13.8. The number of hydrogen-bond donors (Lipinski definition) is 1. The molecule has 23 heavy (non-hydrogen) atoms. The number of amides is 1. The first-order chi connectivity index (χ1) is 11.0. The summed E-state index contributed by atoms with van der Waals surface area (Å²) < 4.78 is 0. The van der Waals surface area contributed by atoms with Crippen LogP contribution in [0.5, 0.6) is 0 Å².